The fourth-order valence-corrected chi connectivity index (χ4v) is 7.43. The molecular formula is C43H38N6O2. The molecule has 0 radical (unpaired) electrons. The number of hydrogen-bond acceptors (Lipinski definition) is 6. The number of carbonyl (C=O) groups is 1. The number of tetrazole rings is 1. The Morgan fingerprint density at radius 1 is 0.706 bits per heavy atom. The third-order valence-corrected chi connectivity index (χ3v) is 9.77. The van der Waals surface area contributed by atoms with E-state index in [1.54, 1.807) is 0 Å². The minimum Gasteiger partial charge on any atom is -0.448 e. The number of rotatable bonds is 10. The lowest BCUT2D eigenvalue weighted by Gasteiger charge is -2.36. The number of aromatic nitrogens is 6. The average molecular weight is 671 g/mol. The quantitative estimate of drug-likeness (QED) is 0.107. The predicted octanol–water partition coefficient (Wildman–Crippen LogP) is 8.45. The zero-order chi connectivity index (χ0) is 35.0. The standard InChI is InChI=1S/C43H38N6O2/c1-4-16-37-44-39-38(41(50)51-42(39,2)3)48(37)29-30-25-27-31(28-26-30)35-23-14-15-24-36(35)40-45-46-47-49(40)43(32-17-8-5-9-18-32,33-19-10-6-11-20-33)34-21-12-7-13-22-34/h5-15,17-28H,4,16,29H2,1-3H3. The highest BCUT2D eigenvalue weighted by Gasteiger charge is 2.44. The van der Waals surface area contributed by atoms with Crippen molar-refractivity contribution < 1.29 is 9.53 Å². The van der Waals surface area contributed by atoms with Gasteiger partial charge < -0.3 is 9.30 Å². The van der Waals surface area contributed by atoms with Crippen LogP contribution in [0.2, 0.25) is 0 Å². The first-order chi connectivity index (χ1) is 24.9. The molecule has 0 saturated carbocycles. The Morgan fingerprint density at radius 2 is 1.25 bits per heavy atom. The zero-order valence-electron chi connectivity index (χ0n) is 28.9. The summed E-state index contributed by atoms with van der Waals surface area (Å²) in [6.07, 6.45) is 1.72. The van der Waals surface area contributed by atoms with E-state index < -0.39 is 11.1 Å². The van der Waals surface area contributed by atoms with Crippen molar-refractivity contribution in [2.24, 2.45) is 0 Å². The van der Waals surface area contributed by atoms with Crippen LogP contribution in [-0.2, 0) is 28.8 Å². The molecule has 0 atom stereocenters. The van der Waals surface area contributed by atoms with Crippen molar-refractivity contribution >= 4 is 5.97 Å². The highest BCUT2D eigenvalue weighted by molar-refractivity contribution is 5.92. The van der Waals surface area contributed by atoms with E-state index in [9.17, 15) is 4.79 Å². The fourth-order valence-electron chi connectivity index (χ4n) is 7.43. The van der Waals surface area contributed by atoms with E-state index in [-0.39, 0.29) is 5.97 Å². The fraction of sp³-hybridized carbons (Fsp3) is 0.186. The minimum atomic E-state index is -0.865. The van der Waals surface area contributed by atoms with Crippen LogP contribution in [0.3, 0.4) is 0 Å². The number of esters is 1. The van der Waals surface area contributed by atoms with E-state index in [1.807, 2.05) is 53.4 Å². The molecule has 0 unspecified atom stereocenters. The molecule has 1 aliphatic heterocycles. The predicted molar refractivity (Wildman–Crippen MR) is 197 cm³/mol. The lowest BCUT2D eigenvalue weighted by atomic mass is 9.77. The number of ether oxygens (including phenoxy) is 1. The summed E-state index contributed by atoms with van der Waals surface area (Å²) in [5, 5.41) is 13.8. The minimum absolute atomic E-state index is 0.314. The summed E-state index contributed by atoms with van der Waals surface area (Å²) in [7, 11) is 0. The first-order valence-electron chi connectivity index (χ1n) is 17.4. The number of aryl methyl sites for hydroxylation is 1. The van der Waals surface area contributed by atoms with Crippen LogP contribution in [0.15, 0.2) is 140 Å². The Bertz CT molecular complexity index is 2210. The maximum Gasteiger partial charge on any atom is 0.358 e. The summed E-state index contributed by atoms with van der Waals surface area (Å²) >= 11 is 0. The number of hydrogen-bond donors (Lipinski definition) is 0. The van der Waals surface area contributed by atoms with Gasteiger partial charge in [-0.3, -0.25) is 0 Å². The Hall–Kier alpha value is -6.15. The molecule has 8 rings (SSSR count). The molecule has 7 aromatic rings. The van der Waals surface area contributed by atoms with Crippen LogP contribution in [-0.4, -0.2) is 35.7 Å². The Kier molecular flexibility index (Phi) is 8.15. The van der Waals surface area contributed by atoms with E-state index >= 15 is 0 Å². The van der Waals surface area contributed by atoms with Crippen LogP contribution >= 0.6 is 0 Å². The summed E-state index contributed by atoms with van der Waals surface area (Å²) in [6, 6.07) is 48.0. The number of fused-ring (bicyclic) bond motifs is 1. The third-order valence-electron chi connectivity index (χ3n) is 9.77. The third kappa shape index (κ3) is 5.44. The van der Waals surface area contributed by atoms with Gasteiger partial charge in [0, 0.05) is 18.5 Å². The van der Waals surface area contributed by atoms with Gasteiger partial charge in [0.25, 0.3) is 0 Å². The normalized spacial score (nSPS) is 13.6. The van der Waals surface area contributed by atoms with Crippen LogP contribution in [0.4, 0.5) is 0 Å². The van der Waals surface area contributed by atoms with Gasteiger partial charge in [-0.2, -0.15) is 0 Å². The number of carbonyl (C=O) groups excluding carboxylic acids is 1. The summed E-state index contributed by atoms with van der Waals surface area (Å²) in [5.41, 5.74) is 6.80. The largest absolute Gasteiger partial charge is 0.448 e. The second kappa shape index (κ2) is 12.9. The van der Waals surface area contributed by atoms with Gasteiger partial charge in [0.1, 0.15) is 17.1 Å². The van der Waals surface area contributed by atoms with E-state index in [0.717, 1.165) is 63.3 Å². The summed E-state index contributed by atoms with van der Waals surface area (Å²) in [5.74, 6) is 1.24. The van der Waals surface area contributed by atoms with Crippen molar-refractivity contribution in [2.45, 2.75) is 51.3 Å². The van der Waals surface area contributed by atoms with Crippen molar-refractivity contribution in [1.29, 1.82) is 0 Å². The van der Waals surface area contributed by atoms with Crippen molar-refractivity contribution in [1.82, 2.24) is 29.8 Å². The van der Waals surface area contributed by atoms with Crippen LogP contribution in [0.1, 0.15) is 71.5 Å². The molecule has 252 valence electrons. The number of nitrogens with zero attached hydrogens (tertiary/aromatic N) is 6. The van der Waals surface area contributed by atoms with Gasteiger partial charge in [0.2, 0.25) is 0 Å². The number of imidazole rings is 1. The smallest absolute Gasteiger partial charge is 0.358 e. The van der Waals surface area contributed by atoms with Gasteiger partial charge in [-0.15, -0.1) is 5.10 Å². The highest BCUT2D eigenvalue weighted by Crippen LogP contribution is 2.43. The van der Waals surface area contributed by atoms with E-state index in [2.05, 4.69) is 121 Å². The van der Waals surface area contributed by atoms with Gasteiger partial charge >= 0.3 is 5.97 Å². The summed E-state index contributed by atoms with van der Waals surface area (Å²) < 4.78 is 9.67. The maximum absolute atomic E-state index is 13.0. The summed E-state index contributed by atoms with van der Waals surface area (Å²) in [4.78, 5) is 17.8. The van der Waals surface area contributed by atoms with Crippen LogP contribution in [0, 0.1) is 0 Å². The van der Waals surface area contributed by atoms with Crippen LogP contribution in [0.25, 0.3) is 22.5 Å². The molecule has 0 aliphatic carbocycles. The van der Waals surface area contributed by atoms with Gasteiger partial charge in [0.15, 0.2) is 17.1 Å². The molecule has 1 aliphatic rings. The molecule has 2 aromatic heterocycles. The summed E-state index contributed by atoms with van der Waals surface area (Å²) in [6.45, 7) is 6.45. The molecule has 8 heteroatoms. The van der Waals surface area contributed by atoms with Gasteiger partial charge in [-0.1, -0.05) is 146 Å². The van der Waals surface area contributed by atoms with Crippen molar-refractivity contribution in [3.63, 3.8) is 0 Å². The second-order valence-corrected chi connectivity index (χ2v) is 13.4. The first-order valence-corrected chi connectivity index (χ1v) is 17.4. The first kappa shape index (κ1) is 32.1. The van der Waals surface area contributed by atoms with Crippen molar-refractivity contribution in [3.05, 3.63) is 179 Å². The molecule has 0 amide bonds. The van der Waals surface area contributed by atoms with Crippen molar-refractivity contribution in [2.75, 3.05) is 0 Å². The SMILES string of the molecule is CCCc1nc2c(n1Cc1ccc(-c3ccccc3-c3nnnn3C(c3ccccc3)(c3ccccc3)c3ccccc3)cc1)C(=O)OC2(C)C. The molecule has 51 heavy (non-hydrogen) atoms. The average Bonchev–Trinajstić information content (AvgIpc) is 3.85. The Labute approximate surface area is 297 Å². The van der Waals surface area contributed by atoms with E-state index in [4.69, 9.17) is 20.0 Å². The molecule has 0 N–H and O–H groups in total. The van der Waals surface area contributed by atoms with Crippen LogP contribution in [0.5, 0.6) is 0 Å². The lowest BCUT2D eigenvalue weighted by Crippen LogP contribution is -2.39. The molecule has 0 fully saturated rings. The molecule has 8 nitrogen and oxygen atoms in total. The maximum atomic E-state index is 13.0. The molecular weight excluding hydrogens is 633 g/mol. The van der Waals surface area contributed by atoms with E-state index in [0.29, 0.717) is 18.1 Å². The molecule has 5 aromatic carbocycles. The van der Waals surface area contributed by atoms with Gasteiger partial charge in [-0.25, -0.2) is 14.5 Å². The van der Waals surface area contributed by atoms with Crippen LogP contribution < -0.4 is 0 Å². The molecule has 3 heterocycles. The number of benzene rings is 5. The molecule has 0 saturated heterocycles. The van der Waals surface area contributed by atoms with Gasteiger partial charge in [-0.05, 0) is 64.1 Å². The molecule has 0 spiro atoms. The second-order valence-electron chi connectivity index (χ2n) is 13.4. The molecule has 0 bridgehead atoms. The zero-order valence-corrected chi connectivity index (χ0v) is 28.9. The highest BCUT2D eigenvalue weighted by atomic mass is 16.6. The van der Waals surface area contributed by atoms with Gasteiger partial charge in [0.05, 0.1) is 0 Å². The Balaban J connectivity index is 1.23. The monoisotopic (exact) mass is 670 g/mol. The Morgan fingerprint density at radius 3 is 1.82 bits per heavy atom. The lowest BCUT2D eigenvalue weighted by molar-refractivity contribution is 0.00734. The van der Waals surface area contributed by atoms with E-state index in [1.165, 1.54) is 0 Å². The topological polar surface area (TPSA) is 87.7 Å². The van der Waals surface area contributed by atoms with Crippen molar-refractivity contribution in [3.8, 4) is 22.5 Å². The number of cyclic esters (lactones) is 1.